The van der Waals surface area contributed by atoms with Gasteiger partial charge in [0.15, 0.2) is 0 Å². The quantitative estimate of drug-likeness (QED) is 0.725. The van der Waals surface area contributed by atoms with E-state index in [0.717, 1.165) is 19.5 Å². The Morgan fingerprint density at radius 2 is 1.94 bits per heavy atom. The lowest BCUT2D eigenvalue weighted by molar-refractivity contribution is 0.0954. The Hall–Kier alpha value is -1.86. The highest BCUT2D eigenvalue weighted by molar-refractivity contribution is 5.94. The fourth-order valence-electron chi connectivity index (χ4n) is 1.36. The second-order valence-corrected chi connectivity index (χ2v) is 3.70. The topological polar surface area (TPSA) is 64.9 Å². The molecular formula is C13H17N3O. The van der Waals surface area contributed by atoms with Crippen molar-refractivity contribution in [1.82, 2.24) is 10.6 Å². The number of carbonyl (C=O) groups is 1. The van der Waals surface area contributed by atoms with Crippen LogP contribution >= 0.6 is 0 Å². The third-order valence-corrected chi connectivity index (χ3v) is 2.29. The molecule has 0 aliphatic heterocycles. The van der Waals surface area contributed by atoms with Crippen LogP contribution in [0.1, 0.15) is 29.3 Å². The van der Waals surface area contributed by atoms with E-state index in [-0.39, 0.29) is 5.91 Å². The van der Waals surface area contributed by atoms with Gasteiger partial charge < -0.3 is 10.6 Å². The van der Waals surface area contributed by atoms with Gasteiger partial charge in [0.2, 0.25) is 0 Å². The maximum atomic E-state index is 11.7. The molecular weight excluding hydrogens is 214 g/mol. The normalized spacial score (nSPS) is 9.65. The predicted octanol–water partition coefficient (Wildman–Crippen LogP) is 1.29. The fraction of sp³-hybridized carbons (Fsp3) is 0.385. The molecule has 17 heavy (non-hydrogen) atoms. The molecule has 0 saturated heterocycles. The first kappa shape index (κ1) is 13.2. The van der Waals surface area contributed by atoms with Crippen LogP contribution in [-0.2, 0) is 0 Å². The molecule has 0 unspecified atom stereocenters. The number of nitriles is 1. The first-order valence-corrected chi connectivity index (χ1v) is 5.77. The number of nitrogens with zero attached hydrogens (tertiary/aromatic N) is 1. The Bertz CT molecular complexity index is 392. The summed E-state index contributed by atoms with van der Waals surface area (Å²) in [5.41, 5.74) is 1.14. The van der Waals surface area contributed by atoms with Crippen LogP contribution in [0.15, 0.2) is 24.3 Å². The van der Waals surface area contributed by atoms with Crippen molar-refractivity contribution in [2.45, 2.75) is 13.3 Å². The van der Waals surface area contributed by atoms with E-state index >= 15 is 0 Å². The molecule has 0 aromatic heterocycles. The standard InChI is InChI=1S/C13H17N3O/c1-2-7-15-8-9-16-13(17)12-5-3-11(10-14)4-6-12/h3-6,15H,2,7-9H2,1H3,(H,16,17). The van der Waals surface area contributed by atoms with Gasteiger partial charge in [-0.1, -0.05) is 6.92 Å². The summed E-state index contributed by atoms with van der Waals surface area (Å²) in [7, 11) is 0. The summed E-state index contributed by atoms with van der Waals surface area (Å²) in [4.78, 5) is 11.7. The summed E-state index contributed by atoms with van der Waals surface area (Å²) in [6.45, 7) is 4.45. The molecule has 1 aromatic rings. The molecule has 1 amide bonds. The molecule has 2 N–H and O–H groups in total. The van der Waals surface area contributed by atoms with Crippen molar-refractivity contribution in [3.63, 3.8) is 0 Å². The van der Waals surface area contributed by atoms with Crippen LogP contribution in [0.4, 0.5) is 0 Å². The molecule has 0 bridgehead atoms. The van der Waals surface area contributed by atoms with E-state index in [1.54, 1.807) is 24.3 Å². The van der Waals surface area contributed by atoms with Crippen LogP contribution in [0.3, 0.4) is 0 Å². The highest BCUT2D eigenvalue weighted by atomic mass is 16.1. The van der Waals surface area contributed by atoms with Gasteiger partial charge in [0.05, 0.1) is 11.6 Å². The van der Waals surface area contributed by atoms with Crippen LogP contribution in [0, 0.1) is 11.3 Å². The number of hydrogen-bond donors (Lipinski definition) is 2. The van der Waals surface area contributed by atoms with Crippen molar-refractivity contribution in [2.75, 3.05) is 19.6 Å². The average molecular weight is 231 g/mol. The van der Waals surface area contributed by atoms with Gasteiger partial charge in [0.25, 0.3) is 5.91 Å². The van der Waals surface area contributed by atoms with Crippen molar-refractivity contribution in [2.24, 2.45) is 0 Å². The van der Waals surface area contributed by atoms with Gasteiger partial charge in [-0.3, -0.25) is 4.79 Å². The zero-order valence-corrected chi connectivity index (χ0v) is 9.99. The molecule has 0 heterocycles. The number of benzene rings is 1. The number of rotatable bonds is 6. The molecule has 90 valence electrons. The van der Waals surface area contributed by atoms with E-state index in [4.69, 9.17) is 5.26 Å². The molecule has 1 aromatic carbocycles. The summed E-state index contributed by atoms with van der Waals surface area (Å²) in [6, 6.07) is 8.62. The average Bonchev–Trinajstić information content (AvgIpc) is 2.38. The molecule has 0 spiro atoms. The summed E-state index contributed by atoms with van der Waals surface area (Å²) in [5, 5.41) is 14.6. The first-order valence-electron chi connectivity index (χ1n) is 5.77. The number of carbonyl (C=O) groups excluding carboxylic acids is 1. The number of hydrogen-bond acceptors (Lipinski definition) is 3. The number of nitrogens with one attached hydrogen (secondary N) is 2. The van der Waals surface area contributed by atoms with E-state index in [1.165, 1.54) is 0 Å². The lowest BCUT2D eigenvalue weighted by Crippen LogP contribution is -2.32. The third-order valence-electron chi connectivity index (χ3n) is 2.29. The van der Waals surface area contributed by atoms with Crippen LogP contribution in [0.2, 0.25) is 0 Å². The minimum atomic E-state index is -0.104. The van der Waals surface area contributed by atoms with E-state index in [2.05, 4.69) is 17.6 Å². The minimum absolute atomic E-state index is 0.104. The molecule has 1 rings (SSSR count). The molecule has 0 fully saturated rings. The zero-order valence-electron chi connectivity index (χ0n) is 9.99. The smallest absolute Gasteiger partial charge is 0.251 e. The van der Waals surface area contributed by atoms with E-state index in [1.807, 2.05) is 6.07 Å². The maximum Gasteiger partial charge on any atom is 0.251 e. The van der Waals surface area contributed by atoms with Crippen molar-refractivity contribution in [3.05, 3.63) is 35.4 Å². The molecule has 4 heteroatoms. The maximum absolute atomic E-state index is 11.7. The SMILES string of the molecule is CCCNCCNC(=O)c1ccc(C#N)cc1. The van der Waals surface area contributed by atoms with E-state index in [9.17, 15) is 4.79 Å². The molecule has 4 nitrogen and oxygen atoms in total. The largest absolute Gasteiger partial charge is 0.351 e. The van der Waals surface area contributed by atoms with Crippen LogP contribution in [0.25, 0.3) is 0 Å². The van der Waals surface area contributed by atoms with Gasteiger partial charge in [-0.15, -0.1) is 0 Å². The lowest BCUT2D eigenvalue weighted by Gasteiger charge is -2.06. The number of amides is 1. The molecule has 0 aliphatic carbocycles. The minimum Gasteiger partial charge on any atom is -0.351 e. The zero-order chi connectivity index (χ0) is 12.5. The Morgan fingerprint density at radius 1 is 1.24 bits per heavy atom. The Balaban J connectivity index is 2.34. The Labute approximate surface area is 102 Å². The van der Waals surface area contributed by atoms with Crippen molar-refractivity contribution in [3.8, 4) is 6.07 Å². The molecule has 0 radical (unpaired) electrons. The summed E-state index contributed by atoms with van der Waals surface area (Å²) in [5.74, 6) is -0.104. The Kier molecular flexibility index (Phi) is 5.76. The van der Waals surface area contributed by atoms with Crippen LogP contribution in [-0.4, -0.2) is 25.5 Å². The van der Waals surface area contributed by atoms with E-state index in [0.29, 0.717) is 17.7 Å². The van der Waals surface area contributed by atoms with Crippen molar-refractivity contribution >= 4 is 5.91 Å². The van der Waals surface area contributed by atoms with Gasteiger partial charge in [-0.25, -0.2) is 0 Å². The lowest BCUT2D eigenvalue weighted by atomic mass is 10.1. The molecule has 0 atom stereocenters. The molecule has 0 aliphatic rings. The fourth-order valence-corrected chi connectivity index (χ4v) is 1.36. The Morgan fingerprint density at radius 3 is 2.53 bits per heavy atom. The van der Waals surface area contributed by atoms with Gasteiger partial charge in [-0.05, 0) is 37.2 Å². The van der Waals surface area contributed by atoms with Crippen molar-refractivity contribution < 1.29 is 4.79 Å². The van der Waals surface area contributed by atoms with Gasteiger partial charge >= 0.3 is 0 Å². The highest BCUT2D eigenvalue weighted by Crippen LogP contribution is 2.02. The van der Waals surface area contributed by atoms with Gasteiger partial charge in [0, 0.05) is 18.7 Å². The molecule has 0 saturated carbocycles. The van der Waals surface area contributed by atoms with Crippen LogP contribution in [0.5, 0.6) is 0 Å². The first-order chi connectivity index (χ1) is 8.27. The van der Waals surface area contributed by atoms with Crippen molar-refractivity contribution in [1.29, 1.82) is 5.26 Å². The summed E-state index contributed by atoms with van der Waals surface area (Å²) in [6.07, 6.45) is 1.09. The second-order valence-electron chi connectivity index (χ2n) is 3.70. The highest BCUT2D eigenvalue weighted by Gasteiger charge is 2.03. The van der Waals surface area contributed by atoms with E-state index < -0.39 is 0 Å². The van der Waals surface area contributed by atoms with Gasteiger partial charge in [0.1, 0.15) is 0 Å². The summed E-state index contributed by atoms with van der Waals surface area (Å²) >= 11 is 0. The third kappa shape index (κ3) is 4.66. The van der Waals surface area contributed by atoms with Crippen LogP contribution < -0.4 is 10.6 Å². The predicted molar refractivity (Wildman–Crippen MR) is 66.7 cm³/mol. The van der Waals surface area contributed by atoms with Gasteiger partial charge in [-0.2, -0.15) is 5.26 Å². The second kappa shape index (κ2) is 7.42. The summed E-state index contributed by atoms with van der Waals surface area (Å²) < 4.78 is 0. The monoisotopic (exact) mass is 231 g/mol.